The van der Waals surface area contributed by atoms with Crippen LogP contribution in [0.2, 0.25) is 18.1 Å². The van der Waals surface area contributed by atoms with Gasteiger partial charge in [-0.3, -0.25) is 0 Å². The standard InChI is InChI=1S/C19H24Si/c1-19(2,3)20(4,5)18-12-8-11-16-15-10-7-6-9-14(15)13-17(16)18/h6-12H,13H2,1-5H3. The zero-order valence-electron chi connectivity index (χ0n) is 13.2. The lowest BCUT2D eigenvalue weighted by Gasteiger charge is -2.38. The minimum atomic E-state index is -1.48. The van der Waals surface area contributed by atoms with Crippen molar-refractivity contribution in [2.24, 2.45) is 0 Å². The van der Waals surface area contributed by atoms with Crippen LogP contribution in [-0.2, 0) is 6.42 Å². The largest absolute Gasteiger partial charge is 0.0863 e. The topological polar surface area (TPSA) is 0 Å². The van der Waals surface area contributed by atoms with Gasteiger partial charge in [-0.15, -0.1) is 0 Å². The molecule has 0 N–H and O–H groups in total. The van der Waals surface area contributed by atoms with Crippen LogP contribution in [0.5, 0.6) is 0 Å². The molecule has 104 valence electrons. The SMILES string of the molecule is CC(C)(C)[Si](C)(C)c1cccc2c1Cc1ccccc1-2. The van der Waals surface area contributed by atoms with E-state index in [1.54, 1.807) is 10.8 Å². The van der Waals surface area contributed by atoms with Crippen molar-refractivity contribution in [3.63, 3.8) is 0 Å². The van der Waals surface area contributed by atoms with Gasteiger partial charge in [0.25, 0.3) is 0 Å². The van der Waals surface area contributed by atoms with Crippen molar-refractivity contribution in [1.82, 2.24) is 0 Å². The van der Waals surface area contributed by atoms with Crippen molar-refractivity contribution in [3.05, 3.63) is 53.6 Å². The molecule has 1 heteroatoms. The average molecular weight is 280 g/mol. The zero-order chi connectivity index (χ0) is 14.5. The highest BCUT2D eigenvalue weighted by Gasteiger charge is 2.39. The number of benzene rings is 2. The molecule has 3 rings (SSSR count). The highest BCUT2D eigenvalue weighted by molar-refractivity contribution is 6.92. The van der Waals surface area contributed by atoms with Crippen molar-refractivity contribution < 1.29 is 0 Å². The van der Waals surface area contributed by atoms with E-state index in [9.17, 15) is 0 Å². The van der Waals surface area contributed by atoms with Crippen LogP contribution in [0.15, 0.2) is 42.5 Å². The van der Waals surface area contributed by atoms with E-state index in [1.807, 2.05) is 0 Å². The number of fused-ring (bicyclic) bond motifs is 3. The second kappa shape index (κ2) is 4.32. The Bertz CT molecular complexity index is 660. The molecular weight excluding hydrogens is 256 g/mol. The zero-order valence-corrected chi connectivity index (χ0v) is 14.2. The van der Waals surface area contributed by atoms with Crippen LogP contribution in [0.4, 0.5) is 0 Å². The van der Waals surface area contributed by atoms with Crippen molar-refractivity contribution in [3.8, 4) is 11.1 Å². The summed E-state index contributed by atoms with van der Waals surface area (Å²) in [5, 5.41) is 2.04. The van der Waals surface area contributed by atoms with Gasteiger partial charge in [-0.2, -0.15) is 0 Å². The van der Waals surface area contributed by atoms with Gasteiger partial charge in [0, 0.05) is 0 Å². The summed E-state index contributed by atoms with van der Waals surface area (Å²) in [5.41, 5.74) is 6.01. The molecule has 2 aromatic carbocycles. The van der Waals surface area contributed by atoms with Gasteiger partial charge in [0.2, 0.25) is 0 Å². The Balaban J connectivity index is 2.20. The minimum absolute atomic E-state index is 0.386. The molecule has 2 aromatic rings. The molecule has 0 saturated heterocycles. The third-order valence-electron chi connectivity index (χ3n) is 5.40. The summed E-state index contributed by atoms with van der Waals surface area (Å²) in [6.45, 7) is 12.2. The van der Waals surface area contributed by atoms with Crippen molar-refractivity contribution >= 4 is 13.3 Å². The molecule has 0 fully saturated rings. The van der Waals surface area contributed by atoms with Crippen molar-refractivity contribution in [1.29, 1.82) is 0 Å². The maximum atomic E-state index is 2.52. The smallest absolute Gasteiger partial charge is 0.0650 e. The molecule has 20 heavy (non-hydrogen) atoms. The summed E-state index contributed by atoms with van der Waals surface area (Å²) in [5.74, 6) is 0. The van der Waals surface area contributed by atoms with Gasteiger partial charge in [-0.1, -0.05) is 81.5 Å². The molecular formula is C19H24Si. The predicted molar refractivity (Wildman–Crippen MR) is 91.5 cm³/mol. The molecule has 1 aliphatic carbocycles. The summed E-state index contributed by atoms with van der Waals surface area (Å²) in [4.78, 5) is 0. The lowest BCUT2D eigenvalue weighted by Crippen LogP contribution is -2.50. The Morgan fingerprint density at radius 2 is 1.50 bits per heavy atom. The van der Waals surface area contributed by atoms with Crippen molar-refractivity contribution in [2.75, 3.05) is 0 Å². The third kappa shape index (κ3) is 1.88. The van der Waals surface area contributed by atoms with Gasteiger partial charge in [0.1, 0.15) is 0 Å². The van der Waals surface area contributed by atoms with E-state index in [4.69, 9.17) is 0 Å². The van der Waals surface area contributed by atoms with E-state index in [1.165, 1.54) is 16.7 Å². The summed E-state index contributed by atoms with van der Waals surface area (Å²) < 4.78 is 0. The molecule has 0 spiro atoms. The molecule has 0 atom stereocenters. The summed E-state index contributed by atoms with van der Waals surface area (Å²) in [6, 6.07) is 15.8. The van der Waals surface area contributed by atoms with Gasteiger partial charge in [-0.05, 0) is 33.7 Å². The van der Waals surface area contributed by atoms with E-state index in [2.05, 4.69) is 76.3 Å². The Labute approximate surface area is 123 Å². The second-order valence-corrected chi connectivity index (χ2v) is 12.8. The van der Waals surface area contributed by atoms with Crippen LogP contribution < -0.4 is 5.19 Å². The lowest BCUT2D eigenvalue weighted by molar-refractivity contribution is 0.729. The quantitative estimate of drug-likeness (QED) is 0.552. The minimum Gasteiger partial charge on any atom is -0.0650 e. The molecule has 0 aromatic heterocycles. The normalized spacial score (nSPS) is 14.1. The first-order valence-corrected chi connectivity index (χ1v) is 10.5. The number of hydrogen-bond acceptors (Lipinski definition) is 0. The first kappa shape index (κ1) is 13.6. The van der Waals surface area contributed by atoms with Crippen molar-refractivity contribution in [2.45, 2.75) is 45.3 Å². The van der Waals surface area contributed by atoms with Gasteiger partial charge in [0.15, 0.2) is 0 Å². The van der Waals surface area contributed by atoms with Crippen LogP contribution in [0, 0.1) is 0 Å². The molecule has 0 amide bonds. The van der Waals surface area contributed by atoms with Crippen LogP contribution in [0.3, 0.4) is 0 Å². The molecule has 0 heterocycles. The molecule has 0 aliphatic heterocycles. The first-order valence-electron chi connectivity index (χ1n) is 7.53. The van der Waals surface area contributed by atoms with Crippen LogP contribution in [0.1, 0.15) is 31.9 Å². The third-order valence-corrected chi connectivity index (χ3v) is 11.0. The fourth-order valence-corrected chi connectivity index (χ4v) is 5.45. The molecule has 0 unspecified atom stereocenters. The average Bonchev–Trinajstić information content (AvgIpc) is 2.75. The highest BCUT2D eigenvalue weighted by Crippen LogP contribution is 2.41. The predicted octanol–water partition coefficient (Wildman–Crippen LogP) is 4.97. The van der Waals surface area contributed by atoms with Crippen LogP contribution >= 0.6 is 0 Å². The van der Waals surface area contributed by atoms with E-state index < -0.39 is 8.07 Å². The lowest BCUT2D eigenvalue weighted by atomic mass is 10.1. The molecule has 0 nitrogen and oxygen atoms in total. The number of rotatable bonds is 1. The Morgan fingerprint density at radius 1 is 0.850 bits per heavy atom. The van der Waals surface area contributed by atoms with Gasteiger partial charge in [-0.25, -0.2) is 0 Å². The second-order valence-electron chi connectivity index (χ2n) is 7.54. The van der Waals surface area contributed by atoms with Gasteiger partial charge < -0.3 is 0 Å². The maximum absolute atomic E-state index is 2.52. The van der Waals surface area contributed by atoms with E-state index >= 15 is 0 Å². The Hall–Kier alpha value is -1.34. The Kier molecular flexibility index (Phi) is 2.95. The molecule has 1 aliphatic rings. The van der Waals surface area contributed by atoms with Gasteiger partial charge >= 0.3 is 0 Å². The summed E-state index contributed by atoms with van der Waals surface area (Å²) >= 11 is 0. The molecule has 0 saturated carbocycles. The monoisotopic (exact) mass is 280 g/mol. The van der Waals surface area contributed by atoms with Gasteiger partial charge in [0.05, 0.1) is 8.07 Å². The summed E-state index contributed by atoms with van der Waals surface area (Å²) in [6.07, 6.45) is 1.12. The molecule has 0 radical (unpaired) electrons. The van der Waals surface area contributed by atoms with E-state index in [0.717, 1.165) is 6.42 Å². The highest BCUT2D eigenvalue weighted by atomic mass is 28.3. The van der Waals surface area contributed by atoms with E-state index in [-0.39, 0.29) is 0 Å². The van der Waals surface area contributed by atoms with Crippen LogP contribution in [0.25, 0.3) is 11.1 Å². The fraction of sp³-hybridized carbons (Fsp3) is 0.368. The summed E-state index contributed by atoms with van der Waals surface area (Å²) in [7, 11) is -1.48. The van der Waals surface area contributed by atoms with Crippen LogP contribution in [-0.4, -0.2) is 8.07 Å². The fourth-order valence-electron chi connectivity index (χ4n) is 3.15. The van der Waals surface area contributed by atoms with E-state index in [0.29, 0.717) is 5.04 Å². The Morgan fingerprint density at radius 3 is 2.20 bits per heavy atom. The number of hydrogen-bond donors (Lipinski definition) is 0. The first-order chi connectivity index (χ1) is 9.32. The molecule has 0 bridgehead atoms. The maximum Gasteiger partial charge on any atom is 0.0863 e.